The van der Waals surface area contributed by atoms with Gasteiger partial charge in [0.05, 0.1) is 0 Å². The van der Waals surface area contributed by atoms with Crippen molar-refractivity contribution in [3.8, 4) is 0 Å². The highest BCUT2D eigenvalue weighted by molar-refractivity contribution is 5.79. The van der Waals surface area contributed by atoms with Gasteiger partial charge >= 0.3 is 0 Å². The van der Waals surface area contributed by atoms with Crippen LogP contribution in [0.2, 0.25) is 0 Å². The molecule has 0 aromatic carbocycles. The van der Waals surface area contributed by atoms with Gasteiger partial charge in [-0.25, -0.2) is 0 Å². The molecule has 0 spiro atoms. The van der Waals surface area contributed by atoms with Crippen molar-refractivity contribution >= 4 is 5.96 Å². The third-order valence-electron chi connectivity index (χ3n) is 4.47. The van der Waals surface area contributed by atoms with Gasteiger partial charge in [0, 0.05) is 70.7 Å². The minimum atomic E-state index is 0.564. The molecular formula is C19H34N6. The van der Waals surface area contributed by atoms with Crippen molar-refractivity contribution in [1.82, 2.24) is 25.4 Å². The molecule has 2 heterocycles. The standard InChI is InChI=1S/C19H34N6/c1-4-20-19(22-10-8-18-7-5-6-9-21-18)23-15-17(2)16-25-13-11-24(3)12-14-25/h5-7,9,17H,4,8,10-16H2,1-3H3,(H2,20,22,23). The maximum Gasteiger partial charge on any atom is 0.191 e. The molecule has 1 fully saturated rings. The van der Waals surface area contributed by atoms with Gasteiger partial charge in [0.2, 0.25) is 0 Å². The van der Waals surface area contributed by atoms with E-state index in [1.54, 1.807) is 0 Å². The number of likely N-dealkylation sites (N-methyl/N-ethyl adjacent to an activating group) is 1. The monoisotopic (exact) mass is 346 g/mol. The van der Waals surface area contributed by atoms with Crippen LogP contribution in [-0.4, -0.2) is 80.1 Å². The summed E-state index contributed by atoms with van der Waals surface area (Å²) in [5.41, 5.74) is 1.11. The van der Waals surface area contributed by atoms with Gasteiger partial charge in [-0.1, -0.05) is 13.0 Å². The fourth-order valence-electron chi connectivity index (χ4n) is 2.97. The van der Waals surface area contributed by atoms with Crippen LogP contribution < -0.4 is 10.6 Å². The third-order valence-corrected chi connectivity index (χ3v) is 4.47. The maximum absolute atomic E-state index is 4.76. The van der Waals surface area contributed by atoms with Crippen LogP contribution in [0.15, 0.2) is 29.4 Å². The lowest BCUT2D eigenvalue weighted by molar-refractivity contribution is 0.140. The van der Waals surface area contributed by atoms with Gasteiger partial charge in [-0.2, -0.15) is 0 Å². The van der Waals surface area contributed by atoms with Crippen LogP contribution in [0.4, 0.5) is 0 Å². The summed E-state index contributed by atoms with van der Waals surface area (Å²) in [6.45, 7) is 12.8. The molecule has 0 amide bonds. The van der Waals surface area contributed by atoms with Gasteiger partial charge in [0.15, 0.2) is 5.96 Å². The number of aromatic nitrogens is 1. The van der Waals surface area contributed by atoms with Gasteiger partial charge in [0.1, 0.15) is 0 Å². The number of piperazine rings is 1. The SMILES string of the molecule is CCNC(=NCC(C)CN1CCN(C)CC1)NCCc1ccccn1. The molecule has 0 bridgehead atoms. The van der Waals surface area contributed by atoms with E-state index < -0.39 is 0 Å². The lowest BCUT2D eigenvalue weighted by Crippen LogP contribution is -2.46. The molecular weight excluding hydrogens is 312 g/mol. The van der Waals surface area contributed by atoms with E-state index in [9.17, 15) is 0 Å². The molecule has 6 heteroatoms. The molecule has 1 aromatic heterocycles. The molecule has 2 rings (SSSR count). The van der Waals surface area contributed by atoms with Crippen LogP contribution in [0.3, 0.4) is 0 Å². The summed E-state index contributed by atoms with van der Waals surface area (Å²) < 4.78 is 0. The predicted octanol–water partition coefficient (Wildman–Crippen LogP) is 1.06. The van der Waals surface area contributed by atoms with E-state index in [1.165, 1.54) is 26.2 Å². The van der Waals surface area contributed by atoms with E-state index in [4.69, 9.17) is 4.99 Å². The predicted molar refractivity (Wildman–Crippen MR) is 105 cm³/mol. The van der Waals surface area contributed by atoms with Gasteiger partial charge in [-0.3, -0.25) is 9.98 Å². The first kappa shape index (κ1) is 19.7. The van der Waals surface area contributed by atoms with Crippen LogP contribution in [-0.2, 0) is 6.42 Å². The Labute approximate surface area is 152 Å². The van der Waals surface area contributed by atoms with E-state index in [0.29, 0.717) is 5.92 Å². The number of hydrogen-bond donors (Lipinski definition) is 2. The highest BCUT2D eigenvalue weighted by atomic mass is 15.2. The first-order chi connectivity index (χ1) is 12.2. The minimum Gasteiger partial charge on any atom is -0.357 e. The highest BCUT2D eigenvalue weighted by Crippen LogP contribution is 2.05. The Bertz CT molecular complexity index is 496. The van der Waals surface area contributed by atoms with Crippen LogP contribution in [0, 0.1) is 5.92 Å². The van der Waals surface area contributed by atoms with Crippen molar-refractivity contribution in [2.24, 2.45) is 10.9 Å². The van der Waals surface area contributed by atoms with E-state index in [1.807, 2.05) is 18.3 Å². The van der Waals surface area contributed by atoms with Crippen molar-refractivity contribution in [3.63, 3.8) is 0 Å². The van der Waals surface area contributed by atoms with E-state index in [-0.39, 0.29) is 0 Å². The lowest BCUT2D eigenvalue weighted by atomic mass is 10.1. The van der Waals surface area contributed by atoms with Gasteiger partial charge in [-0.05, 0) is 32.0 Å². The Kier molecular flexibility index (Phi) is 8.69. The van der Waals surface area contributed by atoms with Gasteiger partial charge in [-0.15, -0.1) is 0 Å². The van der Waals surface area contributed by atoms with Crippen LogP contribution >= 0.6 is 0 Å². The third kappa shape index (κ3) is 7.84. The quantitative estimate of drug-likeness (QED) is 0.545. The highest BCUT2D eigenvalue weighted by Gasteiger charge is 2.15. The molecule has 0 saturated carbocycles. The van der Waals surface area contributed by atoms with E-state index in [2.05, 4.69) is 52.4 Å². The molecule has 6 nitrogen and oxygen atoms in total. The fraction of sp³-hybridized carbons (Fsp3) is 0.684. The van der Waals surface area contributed by atoms with Crippen molar-refractivity contribution in [2.45, 2.75) is 20.3 Å². The smallest absolute Gasteiger partial charge is 0.191 e. The zero-order valence-corrected chi connectivity index (χ0v) is 16.0. The summed E-state index contributed by atoms with van der Waals surface area (Å²) in [5, 5.41) is 6.74. The number of guanidine groups is 1. The van der Waals surface area contributed by atoms with Crippen LogP contribution in [0.1, 0.15) is 19.5 Å². The summed E-state index contributed by atoms with van der Waals surface area (Å²) in [4.78, 5) is 14.1. The summed E-state index contributed by atoms with van der Waals surface area (Å²) >= 11 is 0. The molecule has 1 unspecified atom stereocenters. The Hall–Kier alpha value is -1.66. The Morgan fingerprint density at radius 3 is 2.72 bits per heavy atom. The van der Waals surface area contributed by atoms with E-state index in [0.717, 1.165) is 44.3 Å². The Morgan fingerprint density at radius 1 is 1.24 bits per heavy atom. The average Bonchev–Trinajstić information content (AvgIpc) is 2.62. The summed E-state index contributed by atoms with van der Waals surface area (Å²) in [7, 11) is 2.20. The Balaban J connectivity index is 1.72. The maximum atomic E-state index is 4.76. The molecule has 1 aliphatic heterocycles. The molecule has 2 N–H and O–H groups in total. The zero-order chi connectivity index (χ0) is 17.9. The molecule has 1 atom stereocenters. The second-order valence-corrected chi connectivity index (χ2v) is 6.93. The topological polar surface area (TPSA) is 55.8 Å². The molecule has 1 saturated heterocycles. The normalized spacial score (nSPS) is 18.1. The number of nitrogens with one attached hydrogen (secondary N) is 2. The molecule has 0 radical (unpaired) electrons. The Morgan fingerprint density at radius 2 is 2.04 bits per heavy atom. The average molecular weight is 347 g/mol. The van der Waals surface area contributed by atoms with Gasteiger partial charge < -0.3 is 20.4 Å². The number of nitrogens with zero attached hydrogens (tertiary/aromatic N) is 4. The van der Waals surface area contributed by atoms with Crippen molar-refractivity contribution in [1.29, 1.82) is 0 Å². The second-order valence-electron chi connectivity index (χ2n) is 6.93. The van der Waals surface area contributed by atoms with Gasteiger partial charge in [0.25, 0.3) is 0 Å². The van der Waals surface area contributed by atoms with Crippen molar-refractivity contribution in [2.75, 3.05) is 59.4 Å². The van der Waals surface area contributed by atoms with Crippen LogP contribution in [0.5, 0.6) is 0 Å². The summed E-state index contributed by atoms with van der Waals surface area (Å²) in [6, 6.07) is 6.04. The molecule has 1 aromatic rings. The fourth-order valence-corrected chi connectivity index (χ4v) is 2.97. The molecule has 1 aliphatic rings. The van der Waals surface area contributed by atoms with E-state index >= 15 is 0 Å². The number of rotatable bonds is 8. The summed E-state index contributed by atoms with van der Waals surface area (Å²) in [6.07, 6.45) is 2.75. The molecule has 0 aliphatic carbocycles. The van der Waals surface area contributed by atoms with Crippen molar-refractivity contribution < 1.29 is 0 Å². The molecule has 140 valence electrons. The van der Waals surface area contributed by atoms with Crippen LogP contribution in [0.25, 0.3) is 0 Å². The zero-order valence-electron chi connectivity index (χ0n) is 16.0. The largest absolute Gasteiger partial charge is 0.357 e. The summed E-state index contributed by atoms with van der Waals surface area (Å²) in [5.74, 6) is 1.47. The minimum absolute atomic E-state index is 0.564. The first-order valence-corrected chi connectivity index (χ1v) is 9.50. The van der Waals surface area contributed by atoms with Crippen molar-refractivity contribution in [3.05, 3.63) is 30.1 Å². The first-order valence-electron chi connectivity index (χ1n) is 9.50. The molecule has 25 heavy (non-hydrogen) atoms. The number of pyridine rings is 1. The number of hydrogen-bond acceptors (Lipinski definition) is 4. The number of aliphatic imine (C=N–C) groups is 1. The lowest BCUT2D eigenvalue weighted by Gasteiger charge is -2.33. The second kappa shape index (κ2) is 11.1.